The van der Waals surface area contributed by atoms with Crippen molar-refractivity contribution < 1.29 is 14.4 Å². The monoisotopic (exact) mass is 418 g/mol. The predicted octanol–water partition coefficient (Wildman–Crippen LogP) is 2.86. The van der Waals surface area contributed by atoms with E-state index in [0.717, 1.165) is 16.7 Å². The van der Waals surface area contributed by atoms with E-state index in [1.807, 2.05) is 60.7 Å². The lowest BCUT2D eigenvalue weighted by atomic mass is 9.95. The average Bonchev–Trinajstić information content (AvgIpc) is 2.78. The minimum Gasteiger partial charge on any atom is -0.384 e. The van der Waals surface area contributed by atoms with Crippen molar-refractivity contribution in [2.24, 2.45) is 11.7 Å². The summed E-state index contributed by atoms with van der Waals surface area (Å²) >= 11 is 0. The Morgan fingerprint density at radius 1 is 0.903 bits per heavy atom. The number of nitrogens with two attached hydrogens (primary N) is 2. The van der Waals surface area contributed by atoms with Crippen molar-refractivity contribution in [2.75, 3.05) is 5.73 Å². The lowest BCUT2D eigenvalue weighted by Gasteiger charge is -2.26. The van der Waals surface area contributed by atoms with Gasteiger partial charge >= 0.3 is 0 Å². The summed E-state index contributed by atoms with van der Waals surface area (Å²) < 4.78 is 0. The molecule has 7 heteroatoms. The van der Waals surface area contributed by atoms with Crippen LogP contribution in [0.25, 0.3) is 0 Å². The maximum absolute atomic E-state index is 13.4. The Labute approximate surface area is 181 Å². The summed E-state index contributed by atoms with van der Waals surface area (Å²) in [5.74, 6) is -1.15. The lowest BCUT2D eigenvalue weighted by Crippen LogP contribution is -2.38. The fourth-order valence-electron chi connectivity index (χ4n) is 3.20. The molecule has 31 heavy (non-hydrogen) atoms. The number of benzene rings is 2. The molecule has 4 N–H and O–H groups in total. The second-order valence-electron chi connectivity index (χ2n) is 7.28. The van der Waals surface area contributed by atoms with Gasteiger partial charge in [-0.15, -0.1) is 0 Å². The van der Waals surface area contributed by atoms with Crippen LogP contribution in [0.4, 0.5) is 5.82 Å². The molecule has 0 radical (unpaired) electrons. The fraction of sp³-hybridized carbons (Fsp3) is 0.208. The van der Waals surface area contributed by atoms with Gasteiger partial charge in [-0.2, -0.15) is 0 Å². The highest BCUT2D eigenvalue weighted by atomic mass is 16.7. The highest BCUT2D eigenvalue weighted by Crippen LogP contribution is 2.19. The molecular formula is C24H26N4O3. The molecule has 0 bridgehead atoms. The van der Waals surface area contributed by atoms with Crippen LogP contribution >= 0.6 is 0 Å². The molecule has 0 aliphatic heterocycles. The highest BCUT2D eigenvalue weighted by Gasteiger charge is 2.27. The van der Waals surface area contributed by atoms with Gasteiger partial charge in [-0.25, -0.2) is 10.0 Å². The molecule has 0 aliphatic rings. The maximum atomic E-state index is 13.4. The summed E-state index contributed by atoms with van der Waals surface area (Å²) in [6, 6.07) is 22.6. The van der Waals surface area contributed by atoms with Gasteiger partial charge < -0.3 is 11.5 Å². The molecule has 2 amide bonds. The smallest absolute Gasteiger partial charge is 0.250 e. The number of nitrogen functional groups attached to an aromatic ring is 1. The van der Waals surface area contributed by atoms with Gasteiger partial charge in [0.25, 0.3) is 0 Å². The summed E-state index contributed by atoms with van der Waals surface area (Å²) in [5, 5.41) is 1.32. The molecule has 7 nitrogen and oxygen atoms in total. The largest absolute Gasteiger partial charge is 0.384 e. The second kappa shape index (κ2) is 10.9. The zero-order valence-electron chi connectivity index (χ0n) is 17.2. The molecule has 3 rings (SSSR count). The number of rotatable bonds is 10. The van der Waals surface area contributed by atoms with Crippen molar-refractivity contribution in [1.29, 1.82) is 0 Å². The molecule has 0 aliphatic carbocycles. The van der Waals surface area contributed by atoms with Gasteiger partial charge in [0.05, 0.1) is 12.5 Å². The zero-order chi connectivity index (χ0) is 22.1. The number of aromatic nitrogens is 1. The molecule has 1 atom stereocenters. The molecule has 1 aromatic heterocycles. The number of hydrogen-bond acceptors (Lipinski definition) is 5. The number of anilines is 1. The number of carbonyl (C=O) groups is 2. The van der Waals surface area contributed by atoms with E-state index in [9.17, 15) is 9.59 Å². The molecule has 3 aromatic rings. The van der Waals surface area contributed by atoms with Crippen LogP contribution in [0, 0.1) is 5.92 Å². The first-order valence-electron chi connectivity index (χ1n) is 10.0. The number of primary amides is 1. The Morgan fingerprint density at radius 2 is 1.55 bits per heavy atom. The van der Waals surface area contributed by atoms with Crippen molar-refractivity contribution in [3.8, 4) is 0 Å². The van der Waals surface area contributed by atoms with Crippen molar-refractivity contribution in [2.45, 2.75) is 26.0 Å². The molecule has 160 valence electrons. The Hall–Kier alpha value is -3.71. The second-order valence-corrected chi connectivity index (χ2v) is 7.28. The maximum Gasteiger partial charge on any atom is 0.250 e. The van der Waals surface area contributed by atoms with Gasteiger partial charge in [0.1, 0.15) is 12.4 Å². The van der Waals surface area contributed by atoms with Crippen LogP contribution in [-0.4, -0.2) is 21.9 Å². The minimum atomic E-state index is -0.678. The van der Waals surface area contributed by atoms with Gasteiger partial charge in [0.2, 0.25) is 11.8 Å². The van der Waals surface area contributed by atoms with Crippen molar-refractivity contribution in [3.05, 3.63) is 95.7 Å². The highest BCUT2D eigenvalue weighted by molar-refractivity contribution is 5.84. The standard InChI is InChI=1S/C24H26N4O3/c25-22-12-11-20(15-27-22)13-21(14-23(26)29)24(30)28(16-18-7-3-1-4-8-18)31-17-19-9-5-2-6-10-19/h1-12,15,21H,13-14,16-17H2,(H2,25,27)(H2,26,29). The lowest BCUT2D eigenvalue weighted by molar-refractivity contribution is -0.200. The average molecular weight is 418 g/mol. The van der Waals surface area contributed by atoms with Gasteiger partial charge in [0, 0.05) is 12.6 Å². The zero-order valence-corrected chi connectivity index (χ0v) is 17.2. The number of amides is 2. The molecule has 0 saturated heterocycles. The summed E-state index contributed by atoms with van der Waals surface area (Å²) in [7, 11) is 0. The molecule has 1 unspecified atom stereocenters. The minimum absolute atomic E-state index is 0.0941. The van der Waals surface area contributed by atoms with E-state index in [1.165, 1.54) is 5.06 Å². The number of hydrogen-bond donors (Lipinski definition) is 2. The third-order valence-electron chi connectivity index (χ3n) is 4.77. The Morgan fingerprint density at radius 3 is 2.13 bits per heavy atom. The van der Waals surface area contributed by atoms with Gasteiger partial charge in [-0.05, 0) is 29.2 Å². The van der Waals surface area contributed by atoms with Crippen LogP contribution in [0.2, 0.25) is 0 Å². The SMILES string of the molecule is NC(=O)CC(Cc1ccc(N)nc1)C(=O)N(Cc1ccccc1)OCc1ccccc1. The van der Waals surface area contributed by atoms with E-state index in [-0.39, 0.29) is 25.5 Å². The van der Waals surface area contributed by atoms with E-state index in [1.54, 1.807) is 18.3 Å². The Kier molecular flexibility index (Phi) is 7.73. The van der Waals surface area contributed by atoms with Crippen molar-refractivity contribution in [1.82, 2.24) is 10.0 Å². The molecule has 0 fully saturated rings. The summed E-state index contributed by atoms with van der Waals surface area (Å²) in [6.45, 7) is 0.480. The third-order valence-corrected chi connectivity index (χ3v) is 4.77. The van der Waals surface area contributed by atoms with Crippen LogP contribution in [-0.2, 0) is 34.0 Å². The quantitative estimate of drug-likeness (QED) is 0.492. The van der Waals surface area contributed by atoms with Crippen molar-refractivity contribution >= 4 is 17.6 Å². The van der Waals surface area contributed by atoms with Gasteiger partial charge in [-0.1, -0.05) is 66.7 Å². The molecule has 0 saturated carbocycles. The fourth-order valence-corrected chi connectivity index (χ4v) is 3.20. The van der Waals surface area contributed by atoms with E-state index >= 15 is 0 Å². The predicted molar refractivity (Wildman–Crippen MR) is 118 cm³/mol. The number of nitrogens with zero attached hydrogens (tertiary/aromatic N) is 2. The topological polar surface area (TPSA) is 112 Å². The first-order chi connectivity index (χ1) is 15.0. The van der Waals surface area contributed by atoms with Crippen LogP contribution in [0.5, 0.6) is 0 Å². The molecule has 2 aromatic carbocycles. The number of hydroxylamine groups is 2. The molecule has 1 heterocycles. The summed E-state index contributed by atoms with van der Waals surface area (Å²) in [4.78, 5) is 35.1. The van der Waals surface area contributed by atoms with Crippen LogP contribution in [0.1, 0.15) is 23.1 Å². The van der Waals surface area contributed by atoms with Crippen molar-refractivity contribution in [3.63, 3.8) is 0 Å². The van der Waals surface area contributed by atoms with Crippen LogP contribution in [0.3, 0.4) is 0 Å². The van der Waals surface area contributed by atoms with Gasteiger partial charge in [0.15, 0.2) is 0 Å². The van der Waals surface area contributed by atoms with E-state index in [2.05, 4.69) is 4.98 Å². The summed E-state index contributed by atoms with van der Waals surface area (Å²) in [5.41, 5.74) is 13.7. The number of pyridine rings is 1. The normalized spacial score (nSPS) is 11.6. The third kappa shape index (κ3) is 6.94. The Balaban J connectivity index is 1.80. The number of carbonyl (C=O) groups excluding carboxylic acids is 2. The molecule has 0 spiro atoms. The van der Waals surface area contributed by atoms with E-state index in [4.69, 9.17) is 16.3 Å². The van der Waals surface area contributed by atoms with Crippen LogP contribution < -0.4 is 11.5 Å². The first-order valence-corrected chi connectivity index (χ1v) is 10.0. The summed E-state index contributed by atoms with van der Waals surface area (Å²) in [6.07, 6.45) is 1.81. The van der Waals surface area contributed by atoms with Gasteiger partial charge in [-0.3, -0.25) is 14.4 Å². The molecular weight excluding hydrogens is 392 g/mol. The Bertz CT molecular complexity index is 979. The van der Waals surface area contributed by atoms with Crippen LogP contribution in [0.15, 0.2) is 79.0 Å². The van der Waals surface area contributed by atoms with E-state index < -0.39 is 11.8 Å². The first kappa shape index (κ1) is 22.0. The van der Waals surface area contributed by atoms with E-state index in [0.29, 0.717) is 12.2 Å².